The SMILES string of the molecule is O=C(NS(=O)(=O)c1ccc(NCC2CCOCC2)cc1Sc1ccccc1)c1ccccc1. The molecule has 1 amide bonds. The summed E-state index contributed by atoms with van der Waals surface area (Å²) in [4.78, 5) is 14.1. The Morgan fingerprint density at radius 1 is 0.939 bits per heavy atom. The van der Waals surface area contributed by atoms with Gasteiger partial charge in [-0.3, -0.25) is 4.79 Å². The highest BCUT2D eigenvalue weighted by Gasteiger charge is 2.23. The molecule has 0 aromatic heterocycles. The maximum atomic E-state index is 13.2. The third-order valence-corrected chi connectivity index (χ3v) is 7.99. The van der Waals surface area contributed by atoms with Crippen LogP contribution in [0.4, 0.5) is 5.69 Å². The summed E-state index contributed by atoms with van der Waals surface area (Å²) in [6.45, 7) is 2.36. The summed E-state index contributed by atoms with van der Waals surface area (Å²) in [7, 11) is -4.08. The first kappa shape index (κ1) is 23.4. The Bertz CT molecular complexity index is 1180. The molecule has 0 aliphatic carbocycles. The number of benzene rings is 3. The normalized spacial score (nSPS) is 14.5. The lowest BCUT2D eigenvalue weighted by Crippen LogP contribution is -2.31. The monoisotopic (exact) mass is 482 g/mol. The zero-order valence-electron chi connectivity index (χ0n) is 18.1. The number of rotatable bonds is 8. The minimum absolute atomic E-state index is 0.0669. The zero-order valence-corrected chi connectivity index (χ0v) is 19.7. The van der Waals surface area contributed by atoms with Crippen LogP contribution in [0.2, 0.25) is 0 Å². The van der Waals surface area contributed by atoms with Gasteiger partial charge in [-0.15, -0.1) is 0 Å². The second-order valence-electron chi connectivity index (χ2n) is 7.81. The maximum absolute atomic E-state index is 13.2. The van der Waals surface area contributed by atoms with Gasteiger partial charge in [-0.2, -0.15) is 0 Å². The average molecular weight is 483 g/mol. The van der Waals surface area contributed by atoms with E-state index in [4.69, 9.17) is 4.74 Å². The van der Waals surface area contributed by atoms with Crippen molar-refractivity contribution in [1.82, 2.24) is 4.72 Å². The Hall–Kier alpha value is -2.81. The fraction of sp³-hybridized carbons (Fsp3) is 0.240. The van der Waals surface area contributed by atoms with Crippen molar-refractivity contribution in [2.75, 3.05) is 25.1 Å². The van der Waals surface area contributed by atoms with Gasteiger partial charge in [0.2, 0.25) is 0 Å². The van der Waals surface area contributed by atoms with Gasteiger partial charge in [0, 0.05) is 40.8 Å². The molecule has 2 N–H and O–H groups in total. The van der Waals surface area contributed by atoms with Gasteiger partial charge < -0.3 is 10.1 Å². The van der Waals surface area contributed by atoms with E-state index in [1.54, 1.807) is 42.5 Å². The quantitative estimate of drug-likeness (QED) is 0.480. The van der Waals surface area contributed by atoms with Gasteiger partial charge >= 0.3 is 0 Å². The van der Waals surface area contributed by atoms with Gasteiger partial charge in [0.25, 0.3) is 15.9 Å². The van der Waals surface area contributed by atoms with Crippen molar-refractivity contribution in [3.63, 3.8) is 0 Å². The molecule has 0 atom stereocenters. The first-order chi connectivity index (χ1) is 16.0. The summed E-state index contributed by atoms with van der Waals surface area (Å²) < 4.78 is 34.0. The minimum Gasteiger partial charge on any atom is -0.385 e. The van der Waals surface area contributed by atoms with E-state index >= 15 is 0 Å². The van der Waals surface area contributed by atoms with Crippen LogP contribution in [0.5, 0.6) is 0 Å². The fourth-order valence-corrected chi connectivity index (χ4v) is 5.97. The summed E-state index contributed by atoms with van der Waals surface area (Å²) in [5.41, 5.74) is 1.13. The van der Waals surface area contributed by atoms with E-state index in [2.05, 4.69) is 10.0 Å². The van der Waals surface area contributed by atoms with Crippen LogP contribution < -0.4 is 10.0 Å². The summed E-state index contributed by atoms with van der Waals surface area (Å²) in [5, 5.41) is 3.43. The molecule has 0 bridgehead atoms. The number of hydrogen-bond donors (Lipinski definition) is 2. The van der Waals surface area contributed by atoms with Crippen LogP contribution in [0.3, 0.4) is 0 Å². The number of ether oxygens (including phenoxy) is 1. The minimum atomic E-state index is -4.08. The number of nitrogens with one attached hydrogen (secondary N) is 2. The van der Waals surface area contributed by atoms with Gasteiger partial charge in [0.15, 0.2) is 0 Å². The van der Waals surface area contributed by atoms with Gasteiger partial charge in [-0.25, -0.2) is 13.1 Å². The van der Waals surface area contributed by atoms with E-state index in [0.717, 1.165) is 43.2 Å². The van der Waals surface area contributed by atoms with E-state index in [0.29, 0.717) is 10.8 Å². The number of carbonyl (C=O) groups excluding carboxylic acids is 1. The van der Waals surface area contributed by atoms with E-state index in [9.17, 15) is 13.2 Å². The molecule has 1 saturated heterocycles. The number of hydrogen-bond acceptors (Lipinski definition) is 6. The Balaban J connectivity index is 1.58. The summed E-state index contributed by atoms with van der Waals surface area (Å²) in [6, 6.07) is 23.0. The number of amides is 1. The van der Waals surface area contributed by atoms with E-state index < -0.39 is 15.9 Å². The lowest BCUT2D eigenvalue weighted by Gasteiger charge is -2.23. The van der Waals surface area contributed by atoms with Crippen molar-refractivity contribution in [2.45, 2.75) is 27.5 Å². The highest BCUT2D eigenvalue weighted by molar-refractivity contribution is 8.00. The van der Waals surface area contributed by atoms with Crippen molar-refractivity contribution < 1.29 is 17.9 Å². The number of sulfonamides is 1. The molecule has 3 aromatic carbocycles. The summed E-state index contributed by atoms with van der Waals surface area (Å²) in [6.07, 6.45) is 2.02. The third kappa shape index (κ3) is 6.37. The van der Waals surface area contributed by atoms with Gasteiger partial charge in [0.05, 0.1) is 0 Å². The van der Waals surface area contributed by atoms with Crippen molar-refractivity contribution in [2.24, 2.45) is 5.92 Å². The van der Waals surface area contributed by atoms with E-state index in [1.165, 1.54) is 11.8 Å². The largest absolute Gasteiger partial charge is 0.385 e. The molecule has 1 aliphatic rings. The number of anilines is 1. The first-order valence-corrected chi connectivity index (χ1v) is 13.1. The van der Waals surface area contributed by atoms with Crippen molar-refractivity contribution in [3.8, 4) is 0 Å². The standard InChI is InChI=1S/C25H26N2O4S2/c28-25(20-7-3-1-4-8-20)27-33(29,30)24-12-11-21(26-18-19-13-15-31-16-14-19)17-23(24)32-22-9-5-2-6-10-22/h1-12,17,19,26H,13-16,18H2,(H,27,28). The predicted molar refractivity (Wildman–Crippen MR) is 130 cm³/mol. The lowest BCUT2D eigenvalue weighted by atomic mass is 10.0. The van der Waals surface area contributed by atoms with Crippen LogP contribution in [-0.2, 0) is 14.8 Å². The molecule has 1 fully saturated rings. The molecule has 1 aliphatic heterocycles. The second-order valence-corrected chi connectivity index (χ2v) is 10.6. The first-order valence-electron chi connectivity index (χ1n) is 10.8. The Kier molecular flexibility index (Phi) is 7.69. The molecule has 172 valence electrons. The van der Waals surface area contributed by atoms with Crippen LogP contribution in [0, 0.1) is 5.92 Å². The molecular weight excluding hydrogens is 456 g/mol. The number of carbonyl (C=O) groups is 1. The molecule has 6 nitrogen and oxygen atoms in total. The molecule has 0 unspecified atom stereocenters. The molecule has 3 aromatic rings. The molecule has 4 rings (SSSR count). The van der Waals surface area contributed by atoms with E-state index in [-0.39, 0.29) is 10.5 Å². The second kappa shape index (κ2) is 10.9. The summed E-state index contributed by atoms with van der Waals surface area (Å²) >= 11 is 1.35. The molecule has 8 heteroatoms. The zero-order chi connectivity index (χ0) is 23.1. The molecule has 0 radical (unpaired) electrons. The van der Waals surface area contributed by atoms with Crippen LogP contribution in [0.15, 0.2) is 93.5 Å². The molecule has 33 heavy (non-hydrogen) atoms. The highest BCUT2D eigenvalue weighted by atomic mass is 32.2. The van der Waals surface area contributed by atoms with Crippen LogP contribution in [-0.4, -0.2) is 34.1 Å². The van der Waals surface area contributed by atoms with Crippen molar-refractivity contribution in [3.05, 3.63) is 84.4 Å². The van der Waals surface area contributed by atoms with Crippen LogP contribution >= 0.6 is 11.8 Å². The topological polar surface area (TPSA) is 84.5 Å². The molecular formula is C25H26N2O4S2. The van der Waals surface area contributed by atoms with Gasteiger partial charge in [-0.05, 0) is 61.2 Å². The smallest absolute Gasteiger partial charge is 0.265 e. The Morgan fingerprint density at radius 3 is 2.30 bits per heavy atom. The fourth-order valence-electron chi connectivity index (χ4n) is 3.57. The van der Waals surface area contributed by atoms with Gasteiger partial charge in [0.1, 0.15) is 4.90 Å². The Labute approximate surface area is 198 Å². The van der Waals surface area contributed by atoms with E-state index in [1.807, 2.05) is 36.4 Å². The molecule has 1 heterocycles. The Morgan fingerprint density at radius 2 is 1.61 bits per heavy atom. The average Bonchev–Trinajstić information content (AvgIpc) is 2.84. The van der Waals surface area contributed by atoms with Gasteiger partial charge in [-0.1, -0.05) is 48.2 Å². The van der Waals surface area contributed by atoms with Crippen LogP contribution in [0.25, 0.3) is 0 Å². The predicted octanol–water partition coefficient (Wildman–Crippen LogP) is 4.80. The lowest BCUT2D eigenvalue weighted by molar-refractivity contribution is 0.0699. The van der Waals surface area contributed by atoms with Crippen LogP contribution in [0.1, 0.15) is 23.2 Å². The van der Waals surface area contributed by atoms with Crippen molar-refractivity contribution in [1.29, 1.82) is 0 Å². The highest BCUT2D eigenvalue weighted by Crippen LogP contribution is 2.35. The van der Waals surface area contributed by atoms with Crippen molar-refractivity contribution >= 4 is 33.4 Å². The summed E-state index contributed by atoms with van der Waals surface area (Å²) in [5.74, 6) is -0.134. The third-order valence-electron chi connectivity index (χ3n) is 5.40. The molecule has 0 spiro atoms. The maximum Gasteiger partial charge on any atom is 0.265 e. The molecule has 0 saturated carbocycles.